The van der Waals surface area contributed by atoms with E-state index < -0.39 is 13.9 Å². The first-order valence-corrected chi connectivity index (χ1v) is 21.7. The lowest BCUT2D eigenvalue weighted by molar-refractivity contribution is 0.629. The van der Waals surface area contributed by atoms with Crippen molar-refractivity contribution in [2.75, 3.05) is 0 Å². The Morgan fingerprint density at radius 3 is 2.09 bits per heavy atom. The Bertz CT molecular complexity index is 2710. The maximum atomic E-state index is 15.8. The summed E-state index contributed by atoms with van der Waals surface area (Å²) in [6.07, 6.45) is 0. The molecule has 0 atom stereocenters. The van der Waals surface area contributed by atoms with E-state index in [2.05, 4.69) is 111 Å². The second-order valence-electron chi connectivity index (χ2n) is 15.5. The summed E-state index contributed by atoms with van der Waals surface area (Å²) < 4.78 is 24.7. The highest BCUT2D eigenvalue weighted by molar-refractivity contribution is 6.88. The molecule has 0 aliphatic carbocycles. The summed E-state index contributed by atoms with van der Waals surface area (Å²) in [5.74, 6) is 0.762. The van der Waals surface area contributed by atoms with Crippen LogP contribution < -0.4 is 5.19 Å². The highest BCUT2D eigenvalue weighted by Gasteiger charge is 2.26. The second-order valence-corrected chi connectivity index (χ2v) is 20.6. The summed E-state index contributed by atoms with van der Waals surface area (Å²) in [7, 11) is -1.43. The molecule has 0 saturated carbocycles. The normalized spacial score (nSPS) is 12.1. The van der Waals surface area contributed by atoms with E-state index >= 15 is 4.39 Å². The molecule has 0 N–H and O–H groups in total. The number of furan rings is 1. The lowest BCUT2D eigenvalue weighted by atomic mass is 9.88. The van der Waals surface area contributed by atoms with Gasteiger partial charge in [0.1, 0.15) is 34.6 Å². The second kappa shape index (κ2) is 13.0. The van der Waals surface area contributed by atoms with E-state index in [1.807, 2.05) is 30.3 Å². The van der Waals surface area contributed by atoms with Crippen LogP contribution in [0.2, 0.25) is 19.6 Å². The largest absolute Gasteiger partial charge is 0.455 e. The van der Waals surface area contributed by atoms with Gasteiger partial charge in [0.15, 0.2) is 0 Å². The molecule has 5 nitrogen and oxygen atoms in total. The van der Waals surface area contributed by atoms with Crippen LogP contribution in [0.15, 0.2) is 114 Å². The molecule has 0 fully saturated rings. The Balaban J connectivity index is 1.37. The molecule has 3 aromatic heterocycles. The molecule has 0 spiro atoms. The average molecular weight is 713 g/mol. The number of halogens is 1. The predicted molar refractivity (Wildman–Crippen MR) is 218 cm³/mol. The number of rotatable bonds is 7. The summed E-state index contributed by atoms with van der Waals surface area (Å²) in [5, 5.41) is 12.3. The van der Waals surface area contributed by atoms with Crippen LogP contribution in [0.3, 0.4) is 0 Å². The third-order valence-electron chi connectivity index (χ3n) is 10.2. The van der Waals surface area contributed by atoms with Gasteiger partial charge in [-0.05, 0) is 88.7 Å². The summed E-state index contributed by atoms with van der Waals surface area (Å²) in [6, 6.07) is 38.4. The Hall–Kier alpha value is -5.84. The number of para-hydroxylation sites is 3. The number of nitrogens with zero attached hydrogens (tertiary/aromatic N) is 4. The molecule has 53 heavy (non-hydrogen) atoms. The van der Waals surface area contributed by atoms with Crippen molar-refractivity contribution in [3.05, 3.63) is 132 Å². The predicted octanol–water partition coefficient (Wildman–Crippen LogP) is 12.1. The van der Waals surface area contributed by atoms with Gasteiger partial charge in [-0.2, -0.15) is 5.26 Å². The van der Waals surface area contributed by atoms with Crippen LogP contribution in [0.25, 0.3) is 72.4 Å². The lowest BCUT2D eigenvalue weighted by Gasteiger charge is -2.24. The SMILES string of the molecule is CC(C)c1cc(-c2ccc([Si](C)(C)C)cc2)cc(C(C)C)c1-n1c(-c2cccc3c2oc2cc(-c4cccc(C#N)n4)c(F)cc23)nc2ccccc21. The molecular formula is C46H41FN4OSi. The minimum atomic E-state index is -1.43. The van der Waals surface area contributed by atoms with E-state index in [0.717, 1.165) is 33.5 Å². The third kappa shape index (κ3) is 5.93. The van der Waals surface area contributed by atoms with Gasteiger partial charge in [-0.3, -0.25) is 4.57 Å². The molecule has 0 saturated heterocycles. The van der Waals surface area contributed by atoms with Crippen LogP contribution in [0.1, 0.15) is 56.4 Å². The maximum Gasteiger partial charge on any atom is 0.149 e. The highest BCUT2D eigenvalue weighted by atomic mass is 28.3. The van der Waals surface area contributed by atoms with Crippen molar-refractivity contribution in [1.82, 2.24) is 14.5 Å². The van der Waals surface area contributed by atoms with Crippen LogP contribution in [-0.2, 0) is 0 Å². The number of imidazole rings is 1. The first-order valence-electron chi connectivity index (χ1n) is 18.2. The maximum absolute atomic E-state index is 15.8. The molecule has 0 amide bonds. The van der Waals surface area contributed by atoms with Crippen molar-refractivity contribution >= 4 is 46.2 Å². The zero-order chi connectivity index (χ0) is 37.2. The molecule has 0 unspecified atom stereocenters. The van der Waals surface area contributed by atoms with E-state index in [0.29, 0.717) is 22.2 Å². The number of hydrogen-bond donors (Lipinski definition) is 0. The molecule has 0 bridgehead atoms. The van der Waals surface area contributed by atoms with Gasteiger partial charge in [0.2, 0.25) is 0 Å². The van der Waals surface area contributed by atoms with Gasteiger partial charge in [0.25, 0.3) is 0 Å². The monoisotopic (exact) mass is 712 g/mol. The Labute approximate surface area is 310 Å². The summed E-state index contributed by atoms with van der Waals surface area (Å²) in [5.41, 5.74) is 10.8. The van der Waals surface area contributed by atoms with Gasteiger partial charge >= 0.3 is 0 Å². The molecule has 0 aliphatic heterocycles. The van der Waals surface area contributed by atoms with E-state index in [9.17, 15) is 5.26 Å². The topological polar surface area (TPSA) is 67.6 Å². The quantitative estimate of drug-likeness (QED) is 0.154. The fraction of sp³-hybridized carbons (Fsp3) is 0.196. The standard InChI is InChI=1S/C46H41FN4OSi/c1-27(2)35-22-30(29-18-20-32(21-19-29)53(5,6)7)23-36(28(3)4)44(35)51-42-17-9-8-15-41(42)50-46(51)34-14-11-13-33-37-24-39(47)38(25-43(37)52-45(33)34)40-16-10-12-31(26-48)49-40/h8-25,27-28H,1-7H3. The lowest BCUT2D eigenvalue weighted by Crippen LogP contribution is -2.37. The van der Waals surface area contributed by atoms with Crippen molar-refractivity contribution in [1.29, 1.82) is 5.26 Å². The number of nitriles is 1. The third-order valence-corrected chi connectivity index (χ3v) is 12.3. The average Bonchev–Trinajstić information content (AvgIpc) is 3.71. The van der Waals surface area contributed by atoms with E-state index in [1.165, 1.54) is 33.5 Å². The zero-order valence-corrected chi connectivity index (χ0v) is 32.1. The van der Waals surface area contributed by atoms with Crippen LogP contribution in [0, 0.1) is 17.1 Å². The van der Waals surface area contributed by atoms with Crippen LogP contribution in [-0.4, -0.2) is 22.6 Å². The highest BCUT2D eigenvalue weighted by Crippen LogP contribution is 2.43. The van der Waals surface area contributed by atoms with Gasteiger partial charge in [-0.15, -0.1) is 0 Å². The molecule has 3 heterocycles. The minimum absolute atomic E-state index is 0.217. The van der Waals surface area contributed by atoms with E-state index in [1.54, 1.807) is 24.3 Å². The van der Waals surface area contributed by atoms with Gasteiger partial charge in [0, 0.05) is 16.3 Å². The summed E-state index contributed by atoms with van der Waals surface area (Å²) >= 11 is 0. The summed E-state index contributed by atoms with van der Waals surface area (Å²) in [4.78, 5) is 9.63. The number of benzene rings is 5. The molecule has 8 rings (SSSR count). The minimum Gasteiger partial charge on any atom is -0.455 e. The first-order chi connectivity index (χ1) is 25.4. The van der Waals surface area contributed by atoms with Crippen LogP contribution in [0.5, 0.6) is 0 Å². The van der Waals surface area contributed by atoms with Gasteiger partial charge in [0.05, 0.1) is 36.1 Å². The number of pyridine rings is 1. The molecule has 5 aromatic carbocycles. The first kappa shape index (κ1) is 34.3. The van der Waals surface area contributed by atoms with Gasteiger partial charge in [-0.25, -0.2) is 14.4 Å². The molecular weight excluding hydrogens is 672 g/mol. The molecule has 0 aliphatic rings. The van der Waals surface area contributed by atoms with E-state index in [4.69, 9.17) is 9.40 Å². The number of hydrogen-bond acceptors (Lipinski definition) is 4. The number of fused-ring (bicyclic) bond motifs is 4. The molecule has 0 radical (unpaired) electrons. The smallest absolute Gasteiger partial charge is 0.149 e. The van der Waals surface area contributed by atoms with Crippen molar-refractivity contribution in [3.8, 4) is 45.5 Å². The molecule has 7 heteroatoms. The fourth-order valence-corrected chi connectivity index (χ4v) is 8.58. The van der Waals surface area contributed by atoms with Crippen molar-refractivity contribution in [2.45, 2.75) is 59.2 Å². The molecule has 262 valence electrons. The van der Waals surface area contributed by atoms with Crippen LogP contribution >= 0.6 is 0 Å². The van der Waals surface area contributed by atoms with Crippen molar-refractivity contribution < 1.29 is 8.81 Å². The zero-order valence-electron chi connectivity index (χ0n) is 31.1. The van der Waals surface area contributed by atoms with Gasteiger partial charge in [-0.1, -0.05) is 107 Å². The fourth-order valence-electron chi connectivity index (χ4n) is 7.42. The van der Waals surface area contributed by atoms with E-state index in [-0.39, 0.29) is 23.1 Å². The van der Waals surface area contributed by atoms with Crippen molar-refractivity contribution in [2.24, 2.45) is 0 Å². The number of aromatic nitrogens is 3. The molecule has 8 aromatic rings. The Kier molecular flexibility index (Phi) is 8.39. The Morgan fingerprint density at radius 2 is 1.42 bits per heavy atom. The van der Waals surface area contributed by atoms with Crippen LogP contribution in [0.4, 0.5) is 4.39 Å². The van der Waals surface area contributed by atoms with Crippen molar-refractivity contribution in [3.63, 3.8) is 0 Å². The van der Waals surface area contributed by atoms with Gasteiger partial charge < -0.3 is 4.42 Å². The summed E-state index contributed by atoms with van der Waals surface area (Å²) in [6.45, 7) is 16.2. The Morgan fingerprint density at radius 1 is 0.717 bits per heavy atom.